The van der Waals surface area contributed by atoms with E-state index in [4.69, 9.17) is 68.5 Å². The van der Waals surface area contributed by atoms with Gasteiger partial charge in [0.15, 0.2) is 46.0 Å². The van der Waals surface area contributed by atoms with Gasteiger partial charge in [-0.3, -0.25) is 43.6 Å². The minimum atomic E-state index is -3.73. The fraction of sp³-hybridized carbons (Fsp3) is 0.206. The van der Waals surface area contributed by atoms with Crippen LogP contribution in [0.25, 0.3) is 44.5 Å². The fourth-order valence-corrected chi connectivity index (χ4v) is 18.3. The van der Waals surface area contributed by atoms with Gasteiger partial charge in [0.2, 0.25) is 0 Å². The molecular weight excluding hydrogens is 1950 g/mol. The lowest BCUT2D eigenvalue weighted by molar-refractivity contribution is -0.134. The molecule has 0 aromatic heterocycles. The molecule has 0 spiro atoms. The standard InChI is InChI=1S/4C25H24FN3O5S.C2H4O2/c4*1-4-29-23(30)25(28-24(29)27,17-8-11-19(12-9-17)34-35(3,31)32)18-10-13-22(26)21(15-18)16-6-5-7-20(14-16)33-2;1-2(3)4/h4*5-15H,4H2,1-3H3,(H2,27,28);1H3,(H,3,4). The van der Waals surface area contributed by atoms with Crippen LogP contribution in [0.4, 0.5) is 17.6 Å². The molecule has 16 rings (SSSR count). The first-order valence-corrected chi connectivity index (χ1v) is 51.0. The molecule has 0 saturated heterocycles. The molecule has 4 aliphatic heterocycles. The van der Waals surface area contributed by atoms with E-state index >= 15 is 0 Å². The molecule has 12 aromatic rings. The van der Waals surface area contributed by atoms with Gasteiger partial charge in [0.1, 0.15) is 69.3 Å². The van der Waals surface area contributed by atoms with E-state index in [-0.39, 0.29) is 95.3 Å². The number of nitrogens with two attached hydrogens (primary N) is 4. The third kappa shape index (κ3) is 23.0. The largest absolute Gasteiger partial charge is 0.497 e. The number of hydrogen-bond donors (Lipinski definition) is 5. The molecule has 0 radical (unpaired) electrons. The average molecular weight is 2050 g/mol. The quantitative estimate of drug-likeness (QED) is 0.0224. The van der Waals surface area contributed by atoms with Crippen LogP contribution in [0.3, 0.4) is 0 Å². The van der Waals surface area contributed by atoms with Crippen molar-refractivity contribution in [3.63, 3.8) is 0 Å². The van der Waals surface area contributed by atoms with Crippen molar-refractivity contribution in [1.82, 2.24) is 19.6 Å². The molecule has 752 valence electrons. The zero-order chi connectivity index (χ0) is 105. The Morgan fingerprint density at radius 1 is 0.292 bits per heavy atom. The Bertz CT molecular complexity index is 6690. The zero-order valence-electron chi connectivity index (χ0n) is 79.8. The van der Waals surface area contributed by atoms with Gasteiger partial charge in [-0.15, -0.1) is 0 Å². The molecule has 9 N–H and O–H groups in total. The summed E-state index contributed by atoms with van der Waals surface area (Å²) in [7, 11) is -8.84. The summed E-state index contributed by atoms with van der Waals surface area (Å²) in [6.07, 6.45) is 3.74. The van der Waals surface area contributed by atoms with E-state index in [2.05, 4.69) is 20.0 Å². The topological polar surface area (TPSA) is 482 Å². The van der Waals surface area contributed by atoms with Crippen LogP contribution in [0.15, 0.2) is 287 Å². The molecule has 4 amide bonds. The van der Waals surface area contributed by atoms with Gasteiger partial charge in [-0.25, -0.2) is 37.5 Å². The van der Waals surface area contributed by atoms with Gasteiger partial charge >= 0.3 is 40.5 Å². The Morgan fingerprint density at radius 3 is 0.604 bits per heavy atom. The number of rotatable bonds is 28. The number of hydrogen-bond acceptors (Lipinski definition) is 29. The third-order valence-electron chi connectivity index (χ3n) is 22.9. The number of guanidine groups is 4. The van der Waals surface area contributed by atoms with Crippen LogP contribution in [-0.4, -0.2) is 191 Å². The maximum Gasteiger partial charge on any atom is 0.306 e. The number of carboxylic acids is 1. The number of amides is 4. The number of carboxylic acid groups (broad SMARTS) is 1. The summed E-state index contributed by atoms with van der Waals surface area (Å²) in [4.78, 5) is 87.4. The Labute approximate surface area is 828 Å². The molecule has 4 atom stereocenters. The van der Waals surface area contributed by atoms with Crippen molar-refractivity contribution in [3.8, 4) is 90.5 Å². The number of aliphatic imine (C=N–C) groups is 4. The number of benzene rings is 12. The number of carbonyl (C=O) groups excluding carboxylic acids is 4. The van der Waals surface area contributed by atoms with E-state index in [1.165, 1.54) is 145 Å². The van der Waals surface area contributed by atoms with Gasteiger partial charge in [0, 0.05) is 55.4 Å². The Kier molecular flexibility index (Phi) is 32.2. The lowest BCUT2D eigenvalue weighted by Crippen LogP contribution is -2.43. The lowest BCUT2D eigenvalue weighted by atomic mass is 9.81. The van der Waals surface area contributed by atoms with Crippen molar-refractivity contribution in [2.75, 3.05) is 79.6 Å². The number of methoxy groups -OCH3 is 4. The molecule has 144 heavy (non-hydrogen) atoms. The first-order chi connectivity index (χ1) is 68.1. The molecule has 12 aromatic carbocycles. The van der Waals surface area contributed by atoms with Crippen molar-refractivity contribution in [1.29, 1.82) is 0 Å². The maximum atomic E-state index is 15.0. The first-order valence-electron chi connectivity index (χ1n) is 43.7. The second-order valence-corrected chi connectivity index (χ2v) is 38.7. The van der Waals surface area contributed by atoms with Crippen LogP contribution in [0, 0.1) is 23.3 Å². The van der Waals surface area contributed by atoms with Crippen LogP contribution < -0.4 is 58.6 Å². The Morgan fingerprint density at radius 2 is 0.458 bits per heavy atom. The van der Waals surface area contributed by atoms with Crippen LogP contribution in [0.2, 0.25) is 0 Å². The van der Waals surface area contributed by atoms with Gasteiger partial charge in [0.25, 0.3) is 29.6 Å². The highest BCUT2D eigenvalue weighted by Gasteiger charge is 2.55. The normalized spacial score (nSPS) is 17.6. The minimum Gasteiger partial charge on any atom is -0.497 e. The molecule has 4 unspecified atom stereocenters. The predicted molar refractivity (Wildman–Crippen MR) is 534 cm³/mol. The highest BCUT2D eigenvalue weighted by Crippen LogP contribution is 2.49. The third-order valence-corrected chi connectivity index (χ3v) is 24.8. The summed E-state index contributed by atoms with van der Waals surface area (Å²) in [5, 5.41) is 7.42. The van der Waals surface area contributed by atoms with Crippen molar-refractivity contribution >= 4 is 93.9 Å². The summed E-state index contributed by atoms with van der Waals surface area (Å²) in [6.45, 7) is 9.31. The molecule has 4 aliphatic rings. The van der Waals surface area contributed by atoms with Gasteiger partial charge in [0.05, 0.1) is 53.5 Å². The molecular formula is C102H100F4N12O22S4. The SMILES string of the molecule is CC(=O)O.CCN1C(=O)C(c2ccc(OS(C)(=O)=O)cc2)(c2ccc(F)c(-c3cccc(OC)c3)c2)N=C1N.CCN1C(=O)C(c2ccc(OS(C)(=O)=O)cc2)(c2ccc(F)c(-c3cccc(OC)c3)c2)N=C1N.CCN1C(=O)C(c2ccc(OS(C)(=O)=O)cc2)(c2ccc(F)c(-c3cccc(OC)c3)c2)N=C1N.CCN1C(=O)C(c2ccc(OS(C)(=O)=O)cc2)(c2ccc(F)c(-c3cccc(OC)c3)c2)N=C1N. The molecule has 0 saturated carbocycles. The van der Waals surface area contributed by atoms with Crippen molar-refractivity contribution in [2.45, 2.75) is 56.8 Å². The number of likely N-dealkylation sites (N-methyl/N-ethyl adjacent to an activating group) is 4. The van der Waals surface area contributed by atoms with Crippen molar-refractivity contribution < 1.29 is 116 Å². The Balaban J connectivity index is 0.000000169. The van der Waals surface area contributed by atoms with E-state index < -0.39 is 115 Å². The number of nitrogens with zero attached hydrogens (tertiary/aromatic N) is 8. The molecule has 34 nitrogen and oxygen atoms in total. The number of carbonyl (C=O) groups is 5. The van der Waals surface area contributed by atoms with Crippen LogP contribution in [0.5, 0.6) is 46.0 Å². The van der Waals surface area contributed by atoms with E-state index in [1.807, 2.05) is 0 Å². The van der Waals surface area contributed by atoms with E-state index in [0.717, 1.165) is 31.9 Å². The zero-order valence-corrected chi connectivity index (χ0v) is 83.1. The molecule has 0 bridgehead atoms. The highest BCUT2D eigenvalue weighted by molar-refractivity contribution is 7.87. The smallest absolute Gasteiger partial charge is 0.306 e. The molecule has 4 heterocycles. The van der Waals surface area contributed by atoms with E-state index in [1.54, 1.807) is 198 Å². The summed E-state index contributed by atoms with van der Waals surface area (Å²) in [6, 6.07) is 68.8. The van der Waals surface area contributed by atoms with Gasteiger partial charge in [-0.2, -0.15) is 33.7 Å². The maximum absolute atomic E-state index is 15.0. The number of aliphatic carboxylic acids is 1. The number of halogens is 4. The van der Waals surface area contributed by atoms with Crippen LogP contribution >= 0.6 is 0 Å². The summed E-state index contributed by atoms with van der Waals surface area (Å²) >= 11 is 0. The second kappa shape index (κ2) is 43.5. The van der Waals surface area contributed by atoms with Crippen molar-refractivity contribution in [2.24, 2.45) is 42.9 Å². The summed E-state index contributed by atoms with van der Waals surface area (Å²) < 4.78 is 192. The average Bonchev–Trinajstić information content (AvgIpc) is 1.56. The molecule has 42 heteroatoms. The van der Waals surface area contributed by atoms with E-state index in [9.17, 15) is 70.4 Å². The predicted octanol–water partition coefficient (Wildman–Crippen LogP) is 13.1. The highest BCUT2D eigenvalue weighted by atomic mass is 32.2. The van der Waals surface area contributed by atoms with Crippen molar-refractivity contribution in [3.05, 3.63) is 335 Å². The molecule has 0 aliphatic carbocycles. The monoisotopic (exact) mass is 2050 g/mol. The number of ether oxygens (including phenoxy) is 4. The van der Waals surface area contributed by atoms with Gasteiger partial charge in [-0.05, 0) is 240 Å². The van der Waals surface area contributed by atoms with E-state index in [0.29, 0.717) is 89.8 Å². The van der Waals surface area contributed by atoms with Gasteiger partial charge < -0.3 is 63.7 Å². The van der Waals surface area contributed by atoms with Crippen LogP contribution in [0.1, 0.15) is 79.1 Å². The second-order valence-electron chi connectivity index (χ2n) is 32.4. The summed E-state index contributed by atoms with van der Waals surface area (Å²) in [5.41, 5.74) is 24.7. The molecule has 0 fully saturated rings. The van der Waals surface area contributed by atoms with Crippen LogP contribution in [-0.2, 0) is 86.6 Å². The Hall–Kier alpha value is -16.2. The van der Waals surface area contributed by atoms with Gasteiger partial charge in [-0.1, -0.05) is 121 Å². The summed E-state index contributed by atoms with van der Waals surface area (Å²) in [5.74, 6) is -1.72. The lowest BCUT2D eigenvalue weighted by Gasteiger charge is -2.27. The minimum absolute atomic E-state index is 0.0289. The first kappa shape index (κ1) is 107. The fourth-order valence-electron chi connectivity index (χ4n) is 16.5.